The molecule has 0 N–H and O–H groups in total. The third kappa shape index (κ3) is 3.49. The summed E-state index contributed by atoms with van der Waals surface area (Å²) in [4.78, 5) is 0.334. The van der Waals surface area contributed by atoms with Crippen molar-refractivity contribution in [2.45, 2.75) is 17.2 Å². The number of thioether (sulfide) groups is 1. The van der Waals surface area contributed by atoms with Crippen molar-refractivity contribution in [3.05, 3.63) is 53.6 Å². The number of nitrogens with zero attached hydrogens (tertiary/aromatic N) is 1. The molecule has 0 spiro atoms. The van der Waals surface area contributed by atoms with Crippen LogP contribution in [0.25, 0.3) is 0 Å². The summed E-state index contributed by atoms with van der Waals surface area (Å²) in [5.74, 6) is 1.98. The summed E-state index contributed by atoms with van der Waals surface area (Å²) in [6, 6.07) is 12.6. The van der Waals surface area contributed by atoms with Crippen molar-refractivity contribution in [3.8, 4) is 11.5 Å². The topological polar surface area (TPSA) is 55.8 Å². The standard InChI is InChI=1S/C18H21NO4S2/c1-13-5-4-6-15(11-13)25(20,21)19-9-10-24-18(19)14-7-8-16(22-2)17(12-14)23-3/h4-8,11-12,18H,9-10H2,1-3H3. The van der Waals surface area contributed by atoms with Crippen LogP contribution in [0.3, 0.4) is 0 Å². The summed E-state index contributed by atoms with van der Waals surface area (Å²) in [5, 5.41) is -0.273. The van der Waals surface area contributed by atoms with E-state index >= 15 is 0 Å². The number of ether oxygens (including phenoxy) is 2. The lowest BCUT2D eigenvalue weighted by Gasteiger charge is -2.24. The first-order valence-corrected chi connectivity index (χ1v) is 10.4. The SMILES string of the molecule is COc1ccc(C2SCCN2S(=O)(=O)c2cccc(C)c2)cc1OC. The van der Waals surface area contributed by atoms with Crippen LogP contribution in [0.2, 0.25) is 0 Å². The summed E-state index contributed by atoms with van der Waals surface area (Å²) in [6.45, 7) is 2.38. The average Bonchev–Trinajstić information content (AvgIpc) is 3.11. The summed E-state index contributed by atoms with van der Waals surface area (Å²) >= 11 is 1.61. The number of methoxy groups -OCH3 is 2. The Morgan fingerprint density at radius 2 is 1.84 bits per heavy atom. The van der Waals surface area contributed by atoms with E-state index < -0.39 is 10.0 Å². The third-order valence-corrected chi connectivity index (χ3v) is 7.39. The highest BCUT2D eigenvalue weighted by Gasteiger charge is 2.37. The van der Waals surface area contributed by atoms with Crippen LogP contribution < -0.4 is 9.47 Å². The molecule has 1 saturated heterocycles. The highest BCUT2D eigenvalue weighted by molar-refractivity contribution is 8.01. The third-order valence-electron chi connectivity index (χ3n) is 4.14. The van der Waals surface area contributed by atoms with E-state index in [1.807, 2.05) is 31.2 Å². The first-order valence-electron chi connectivity index (χ1n) is 7.89. The van der Waals surface area contributed by atoms with Gasteiger partial charge in [0.2, 0.25) is 10.0 Å². The average molecular weight is 380 g/mol. The van der Waals surface area contributed by atoms with E-state index in [4.69, 9.17) is 9.47 Å². The molecule has 25 heavy (non-hydrogen) atoms. The molecule has 0 aromatic heterocycles. The Morgan fingerprint density at radius 3 is 2.52 bits per heavy atom. The molecule has 0 amide bonds. The second-order valence-corrected chi connectivity index (χ2v) is 8.85. The molecule has 0 saturated carbocycles. The molecule has 0 radical (unpaired) electrons. The number of rotatable bonds is 5. The van der Waals surface area contributed by atoms with E-state index in [0.29, 0.717) is 22.9 Å². The van der Waals surface area contributed by atoms with Gasteiger partial charge in [-0.05, 0) is 42.3 Å². The lowest BCUT2D eigenvalue weighted by molar-refractivity contribution is 0.353. The molecule has 3 rings (SSSR count). The minimum atomic E-state index is -3.55. The summed E-state index contributed by atoms with van der Waals surface area (Å²) < 4.78 is 38.4. The van der Waals surface area contributed by atoms with Crippen LogP contribution in [0, 0.1) is 6.92 Å². The molecular weight excluding hydrogens is 358 g/mol. The van der Waals surface area contributed by atoms with Gasteiger partial charge in [0.15, 0.2) is 11.5 Å². The maximum Gasteiger partial charge on any atom is 0.244 e. The van der Waals surface area contributed by atoms with Crippen molar-refractivity contribution >= 4 is 21.8 Å². The van der Waals surface area contributed by atoms with E-state index in [0.717, 1.165) is 16.9 Å². The quantitative estimate of drug-likeness (QED) is 0.796. The van der Waals surface area contributed by atoms with E-state index in [2.05, 4.69) is 0 Å². The number of hydrogen-bond acceptors (Lipinski definition) is 5. The monoisotopic (exact) mass is 379 g/mol. The Bertz CT molecular complexity index is 867. The van der Waals surface area contributed by atoms with Gasteiger partial charge >= 0.3 is 0 Å². The number of aryl methyl sites for hydroxylation is 1. The van der Waals surface area contributed by atoms with Crippen LogP contribution in [-0.4, -0.2) is 39.2 Å². The van der Waals surface area contributed by atoms with Crippen LogP contribution in [0.5, 0.6) is 11.5 Å². The molecule has 5 nitrogen and oxygen atoms in total. The Labute approximate surface area is 153 Å². The largest absolute Gasteiger partial charge is 0.493 e. The smallest absolute Gasteiger partial charge is 0.244 e. The maximum atomic E-state index is 13.1. The van der Waals surface area contributed by atoms with E-state index in [1.165, 1.54) is 0 Å². The Hall–Kier alpha value is -1.70. The Kier molecular flexibility index (Phi) is 5.27. The molecule has 1 atom stereocenters. The lowest BCUT2D eigenvalue weighted by atomic mass is 10.2. The Morgan fingerprint density at radius 1 is 1.08 bits per heavy atom. The van der Waals surface area contributed by atoms with Crippen LogP contribution in [0.1, 0.15) is 16.5 Å². The molecule has 1 aliphatic heterocycles. The van der Waals surface area contributed by atoms with Gasteiger partial charge in [0, 0.05) is 12.3 Å². The predicted octanol–water partition coefficient (Wildman–Crippen LogP) is 3.45. The second kappa shape index (κ2) is 7.27. The molecule has 1 unspecified atom stereocenters. The van der Waals surface area contributed by atoms with Crippen molar-refractivity contribution in [2.75, 3.05) is 26.5 Å². The van der Waals surface area contributed by atoms with E-state index in [9.17, 15) is 8.42 Å². The number of benzene rings is 2. The van der Waals surface area contributed by atoms with Gasteiger partial charge in [0.1, 0.15) is 0 Å². The second-order valence-electron chi connectivity index (χ2n) is 5.77. The summed E-state index contributed by atoms with van der Waals surface area (Å²) in [7, 11) is -0.400. The fourth-order valence-corrected chi connectivity index (χ4v) is 6.22. The summed E-state index contributed by atoms with van der Waals surface area (Å²) in [6.07, 6.45) is 0. The van der Waals surface area contributed by atoms with E-state index in [-0.39, 0.29) is 5.37 Å². The minimum absolute atomic E-state index is 0.273. The van der Waals surface area contributed by atoms with Gasteiger partial charge in [-0.2, -0.15) is 4.31 Å². The van der Waals surface area contributed by atoms with Gasteiger partial charge in [-0.25, -0.2) is 8.42 Å². The lowest BCUT2D eigenvalue weighted by Crippen LogP contribution is -2.30. The number of sulfonamides is 1. The molecule has 0 bridgehead atoms. The van der Waals surface area contributed by atoms with Gasteiger partial charge < -0.3 is 9.47 Å². The first-order chi connectivity index (χ1) is 12.0. The zero-order valence-electron chi connectivity index (χ0n) is 14.4. The predicted molar refractivity (Wildman–Crippen MR) is 99.8 cm³/mol. The highest BCUT2D eigenvalue weighted by atomic mass is 32.2. The summed E-state index contributed by atoms with van der Waals surface area (Å²) in [5.41, 5.74) is 1.81. The van der Waals surface area contributed by atoms with Gasteiger partial charge in [-0.15, -0.1) is 11.8 Å². The van der Waals surface area contributed by atoms with Crippen molar-refractivity contribution < 1.29 is 17.9 Å². The molecule has 7 heteroatoms. The normalized spacial score (nSPS) is 18.3. The van der Waals surface area contributed by atoms with Crippen LogP contribution in [0.15, 0.2) is 47.4 Å². The molecule has 134 valence electrons. The van der Waals surface area contributed by atoms with Gasteiger partial charge in [0.25, 0.3) is 0 Å². The van der Waals surface area contributed by atoms with E-state index in [1.54, 1.807) is 48.5 Å². The van der Waals surface area contributed by atoms with Crippen molar-refractivity contribution in [1.82, 2.24) is 4.31 Å². The molecule has 1 fully saturated rings. The molecule has 1 heterocycles. The zero-order chi connectivity index (χ0) is 18.0. The highest BCUT2D eigenvalue weighted by Crippen LogP contribution is 2.43. The van der Waals surface area contributed by atoms with Crippen molar-refractivity contribution in [2.24, 2.45) is 0 Å². The molecule has 1 aliphatic rings. The van der Waals surface area contributed by atoms with Gasteiger partial charge in [-0.3, -0.25) is 0 Å². The molecule has 2 aromatic carbocycles. The fourth-order valence-electron chi connectivity index (χ4n) is 2.88. The van der Waals surface area contributed by atoms with Crippen LogP contribution in [0.4, 0.5) is 0 Å². The molecular formula is C18H21NO4S2. The molecule has 2 aromatic rings. The fraction of sp³-hybridized carbons (Fsp3) is 0.333. The minimum Gasteiger partial charge on any atom is -0.493 e. The van der Waals surface area contributed by atoms with Crippen molar-refractivity contribution in [1.29, 1.82) is 0 Å². The first kappa shape index (κ1) is 18.1. The number of hydrogen-bond donors (Lipinski definition) is 0. The van der Waals surface area contributed by atoms with Gasteiger partial charge in [-0.1, -0.05) is 18.2 Å². The van der Waals surface area contributed by atoms with Crippen molar-refractivity contribution in [3.63, 3.8) is 0 Å². The van der Waals surface area contributed by atoms with Gasteiger partial charge in [0.05, 0.1) is 24.5 Å². The molecule has 0 aliphatic carbocycles. The van der Waals surface area contributed by atoms with Crippen LogP contribution >= 0.6 is 11.8 Å². The maximum absolute atomic E-state index is 13.1. The zero-order valence-corrected chi connectivity index (χ0v) is 16.1. The Balaban J connectivity index is 1.98. The van der Waals surface area contributed by atoms with Crippen LogP contribution in [-0.2, 0) is 10.0 Å².